The number of rotatable bonds is 7. The van der Waals surface area contributed by atoms with Gasteiger partial charge in [0.1, 0.15) is 0 Å². The predicted octanol–water partition coefficient (Wildman–Crippen LogP) is 2.31. The quantitative estimate of drug-likeness (QED) is 0.644. The molecule has 0 saturated carbocycles. The number of nitrogens with one attached hydrogen (secondary N) is 2. The van der Waals surface area contributed by atoms with Crippen LogP contribution in [-0.4, -0.2) is 36.4 Å². The van der Waals surface area contributed by atoms with E-state index in [0.717, 1.165) is 15.8 Å². The molecule has 4 N–H and O–H groups in total. The molecule has 1 rings (SSSR count). The van der Waals surface area contributed by atoms with Gasteiger partial charge in [-0.25, -0.2) is 0 Å². The van der Waals surface area contributed by atoms with Crippen molar-refractivity contribution in [3.63, 3.8) is 0 Å². The molecule has 0 radical (unpaired) electrons. The predicted molar refractivity (Wildman–Crippen MR) is 98.7 cm³/mol. The van der Waals surface area contributed by atoms with E-state index < -0.39 is 6.04 Å². The lowest BCUT2D eigenvalue weighted by atomic mass is 10.2. The van der Waals surface area contributed by atoms with Gasteiger partial charge in [0.15, 0.2) is 0 Å². The fourth-order valence-corrected chi connectivity index (χ4v) is 2.34. The van der Waals surface area contributed by atoms with E-state index in [4.69, 9.17) is 5.73 Å². The molecule has 1 aromatic carbocycles. The Kier molecular flexibility index (Phi) is 10.5. The molecule has 8 heteroatoms. The highest BCUT2D eigenvalue weighted by Gasteiger charge is 2.13. The number of aryl methyl sites for hydroxylation is 1. The SMILES string of the molecule is CSCC[C@H](N)C(=O)NCC(=O)Nc1ccc(Br)c(C)c1.Cl. The molecule has 0 aliphatic carbocycles. The zero-order chi connectivity index (χ0) is 15.8. The first-order valence-electron chi connectivity index (χ1n) is 6.52. The Morgan fingerprint density at radius 3 is 2.68 bits per heavy atom. The molecule has 0 spiro atoms. The highest BCUT2D eigenvalue weighted by atomic mass is 79.9. The number of hydrogen-bond donors (Lipinski definition) is 3. The van der Waals surface area contributed by atoms with Crippen LogP contribution in [0, 0.1) is 6.92 Å². The lowest BCUT2D eigenvalue weighted by Gasteiger charge is -2.12. The maximum Gasteiger partial charge on any atom is 0.243 e. The lowest BCUT2D eigenvalue weighted by Crippen LogP contribution is -2.43. The summed E-state index contributed by atoms with van der Waals surface area (Å²) < 4.78 is 0.980. The second-order valence-corrected chi connectivity index (χ2v) is 6.46. The number of benzene rings is 1. The monoisotopic (exact) mass is 409 g/mol. The maximum atomic E-state index is 11.8. The van der Waals surface area contributed by atoms with Crippen LogP contribution in [0.15, 0.2) is 22.7 Å². The second kappa shape index (κ2) is 10.9. The molecule has 124 valence electrons. The van der Waals surface area contributed by atoms with Crippen molar-refractivity contribution in [2.45, 2.75) is 19.4 Å². The van der Waals surface area contributed by atoms with Crippen LogP contribution >= 0.6 is 40.1 Å². The topological polar surface area (TPSA) is 84.2 Å². The van der Waals surface area contributed by atoms with Crippen molar-refractivity contribution in [3.05, 3.63) is 28.2 Å². The van der Waals surface area contributed by atoms with Crippen molar-refractivity contribution >= 4 is 57.6 Å². The summed E-state index contributed by atoms with van der Waals surface area (Å²) >= 11 is 5.03. The van der Waals surface area contributed by atoms with Gasteiger partial charge in [0.2, 0.25) is 11.8 Å². The van der Waals surface area contributed by atoms with E-state index >= 15 is 0 Å². The lowest BCUT2D eigenvalue weighted by molar-refractivity contribution is -0.125. The molecule has 0 aromatic heterocycles. The third-order valence-corrected chi connectivity index (χ3v) is 4.37. The molecule has 0 saturated heterocycles. The van der Waals surface area contributed by atoms with Crippen LogP contribution in [-0.2, 0) is 9.59 Å². The first kappa shape index (κ1) is 21.2. The number of hydrogen-bond acceptors (Lipinski definition) is 4. The number of carbonyl (C=O) groups is 2. The molecule has 5 nitrogen and oxygen atoms in total. The largest absolute Gasteiger partial charge is 0.346 e. The minimum atomic E-state index is -0.569. The first-order valence-corrected chi connectivity index (χ1v) is 8.71. The number of anilines is 1. The van der Waals surface area contributed by atoms with Crippen LogP contribution in [0.5, 0.6) is 0 Å². The van der Waals surface area contributed by atoms with E-state index in [1.165, 1.54) is 0 Å². The number of halogens is 2. The summed E-state index contributed by atoms with van der Waals surface area (Å²) in [6.07, 6.45) is 2.55. The number of carbonyl (C=O) groups excluding carboxylic acids is 2. The van der Waals surface area contributed by atoms with Gasteiger partial charge in [0.25, 0.3) is 0 Å². The minimum absolute atomic E-state index is 0. The fraction of sp³-hybridized carbons (Fsp3) is 0.429. The molecule has 0 fully saturated rings. The summed E-state index contributed by atoms with van der Waals surface area (Å²) in [4.78, 5) is 23.4. The van der Waals surface area contributed by atoms with E-state index in [-0.39, 0.29) is 30.8 Å². The molecule has 1 aromatic rings. The van der Waals surface area contributed by atoms with E-state index in [0.29, 0.717) is 12.1 Å². The normalized spacial score (nSPS) is 11.3. The van der Waals surface area contributed by atoms with E-state index in [1.807, 2.05) is 25.3 Å². The molecule has 0 aliphatic heterocycles. The Hall–Kier alpha value is -0.760. The molecule has 22 heavy (non-hydrogen) atoms. The fourth-order valence-electron chi connectivity index (χ4n) is 1.60. The summed E-state index contributed by atoms with van der Waals surface area (Å²) in [7, 11) is 0. The Labute approximate surface area is 149 Å². The molecular weight excluding hydrogens is 390 g/mol. The van der Waals surface area contributed by atoms with Crippen LogP contribution in [0.25, 0.3) is 0 Å². The third-order valence-electron chi connectivity index (χ3n) is 2.83. The van der Waals surface area contributed by atoms with Gasteiger partial charge in [-0.1, -0.05) is 15.9 Å². The van der Waals surface area contributed by atoms with Crippen molar-refractivity contribution in [3.8, 4) is 0 Å². The van der Waals surface area contributed by atoms with Gasteiger partial charge in [0, 0.05) is 10.2 Å². The van der Waals surface area contributed by atoms with Gasteiger partial charge < -0.3 is 16.4 Å². The van der Waals surface area contributed by atoms with Crippen LogP contribution in [0.3, 0.4) is 0 Å². The van der Waals surface area contributed by atoms with Gasteiger partial charge in [0.05, 0.1) is 12.6 Å². The summed E-state index contributed by atoms with van der Waals surface area (Å²) in [5, 5.41) is 5.27. The summed E-state index contributed by atoms with van der Waals surface area (Å²) in [5.41, 5.74) is 7.44. The van der Waals surface area contributed by atoms with Crippen molar-refractivity contribution in [1.82, 2.24) is 5.32 Å². The van der Waals surface area contributed by atoms with Crippen molar-refractivity contribution < 1.29 is 9.59 Å². The Morgan fingerprint density at radius 2 is 2.09 bits per heavy atom. The highest BCUT2D eigenvalue weighted by molar-refractivity contribution is 9.10. The average molecular weight is 411 g/mol. The Balaban J connectivity index is 0.00000441. The van der Waals surface area contributed by atoms with Crippen molar-refractivity contribution in [2.75, 3.05) is 23.9 Å². The standard InChI is InChI=1S/C14H20BrN3O2S.ClH/c1-9-7-10(3-4-11(9)15)18-13(19)8-17-14(20)12(16)5-6-21-2;/h3-4,7,12H,5-6,8,16H2,1-2H3,(H,17,20)(H,18,19);1H/t12-;/m0./s1. The van der Waals surface area contributed by atoms with Gasteiger partial charge in [-0.3, -0.25) is 9.59 Å². The molecular formula is C14H21BrClN3O2S. The van der Waals surface area contributed by atoms with E-state index in [2.05, 4.69) is 26.6 Å². The summed E-state index contributed by atoms with van der Waals surface area (Å²) in [5.74, 6) is 0.243. The molecule has 0 bridgehead atoms. The second-order valence-electron chi connectivity index (χ2n) is 4.62. The first-order chi connectivity index (χ1) is 9.93. The molecule has 0 unspecified atom stereocenters. The van der Waals surface area contributed by atoms with Gasteiger partial charge in [-0.15, -0.1) is 12.4 Å². The van der Waals surface area contributed by atoms with Crippen molar-refractivity contribution in [2.24, 2.45) is 5.73 Å². The number of amides is 2. The number of thioether (sulfide) groups is 1. The summed E-state index contributed by atoms with van der Waals surface area (Å²) in [6.45, 7) is 1.85. The highest BCUT2D eigenvalue weighted by Crippen LogP contribution is 2.19. The van der Waals surface area contributed by atoms with Crippen molar-refractivity contribution in [1.29, 1.82) is 0 Å². The molecule has 1 atom stereocenters. The van der Waals surface area contributed by atoms with E-state index in [9.17, 15) is 9.59 Å². The molecule has 2 amide bonds. The van der Waals surface area contributed by atoms with E-state index in [1.54, 1.807) is 17.8 Å². The zero-order valence-electron chi connectivity index (χ0n) is 12.5. The van der Waals surface area contributed by atoms with Crippen LogP contribution in [0.2, 0.25) is 0 Å². The minimum Gasteiger partial charge on any atom is -0.346 e. The van der Waals surface area contributed by atoms with Crippen LogP contribution in [0.1, 0.15) is 12.0 Å². The Morgan fingerprint density at radius 1 is 1.41 bits per heavy atom. The maximum absolute atomic E-state index is 11.8. The zero-order valence-corrected chi connectivity index (χ0v) is 15.7. The van der Waals surface area contributed by atoms with Gasteiger partial charge in [-0.05, 0) is 49.1 Å². The third kappa shape index (κ3) is 7.49. The summed E-state index contributed by atoms with van der Waals surface area (Å²) in [6, 6.07) is 4.94. The molecule has 0 heterocycles. The molecule has 0 aliphatic rings. The van der Waals surface area contributed by atoms with Gasteiger partial charge >= 0.3 is 0 Å². The average Bonchev–Trinajstić information content (AvgIpc) is 2.46. The van der Waals surface area contributed by atoms with Gasteiger partial charge in [-0.2, -0.15) is 11.8 Å². The van der Waals surface area contributed by atoms with Crippen LogP contribution in [0.4, 0.5) is 5.69 Å². The smallest absolute Gasteiger partial charge is 0.243 e. The van der Waals surface area contributed by atoms with Crippen LogP contribution < -0.4 is 16.4 Å². The Bertz CT molecular complexity index is 517. The number of nitrogens with two attached hydrogens (primary N) is 1.